The molecule has 1 saturated heterocycles. The van der Waals surface area contributed by atoms with E-state index in [1.807, 2.05) is 7.05 Å². The fourth-order valence-corrected chi connectivity index (χ4v) is 3.09. The van der Waals surface area contributed by atoms with E-state index in [0.29, 0.717) is 17.9 Å². The average molecular weight is 262 g/mol. The summed E-state index contributed by atoms with van der Waals surface area (Å²) in [7, 11) is 1.93. The van der Waals surface area contributed by atoms with Gasteiger partial charge >= 0.3 is 0 Å². The predicted molar refractivity (Wildman–Crippen MR) is 80.9 cm³/mol. The Labute approximate surface area is 116 Å². The number of rotatable bonds is 4. The number of nitrogens with one attached hydrogen (secondary N) is 1. The highest BCUT2D eigenvalue weighted by atomic mass is 15.2. The van der Waals surface area contributed by atoms with Crippen molar-refractivity contribution in [3.05, 3.63) is 11.9 Å². The lowest BCUT2D eigenvalue weighted by atomic mass is 10.00. The van der Waals surface area contributed by atoms with Gasteiger partial charge in [0.2, 0.25) is 0 Å². The molecule has 0 aromatic carbocycles. The van der Waals surface area contributed by atoms with Crippen LogP contribution in [0.15, 0.2) is 6.33 Å². The molecule has 0 spiro atoms. The lowest BCUT2D eigenvalue weighted by Gasteiger charge is -2.31. The zero-order valence-electron chi connectivity index (χ0n) is 12.8. The molecule has 1 aromatic rings. The number of aromatic nitrogens is 2. The highest BCUT2D eigenvalue weighted by molar-refractivity contribution is 5.61. The molecule has 19 heavy (non-hydrogen) atoms. The van der Waals surface area contributed by atoms with Crippen molar-refractivity contribution in [2.45, 2.75) is 52.5 Å². The predicted octanol–water partition coefficient (Wildman–Crippen LogP) is 3.27. The van der Waals surface area contributed by atoms with Gasteiger partial charge in [-0.25, -0.2) is 9.97 Å². The molecule has 0 bridgehead atoms. The molecule has 0 radical (unpaired) electrons. The van der Waals surface area contributed by atoms with Gasteiger partial charge in [0.05, 0.1) is 0 Å². The first-order chi connectivity index (χ1) is 9.06. The number of hydrogen-bond donors (Lipinski definition) is 1. The molecule has 0 saturated carbocycles. The molecule has 1 N–H and O–H groups in total. The first kappa shape index (κ1) is 14.1. The smallest absolute Gasteiger partial charge is 0.137 e. The molecule has 1 fully saturated rings. The largest absolute Gasteiger partial charge is 0.373 e. The second-order valence-corrected chi connectivity index (χ2v) is 6.01. The van der Waals surface area contributed by atoms with Gasteiger partial charge in [-0.3, -0.25) is 0 Å². The Balaban J connectivity index is 2.44. The molecule has 1 aromatic heterocycles. The van der Waals surface area contributed by atoms with Gasteiger partial charge < -0.3 is 10.2 Å². The van der Waals surface area contributed by atoms with Crippen LogP contribution in [-0.4, -0.2) is 29.6 Å². The van der Waals surface area contributed by atoms with Crippen molar-refractivity contribution in [2.75, 3.05) is 23.8 Å². The lowest BCUT2D eigenvalue weighted by Crippen LogP contribution is -2.35. The molecule has 2 rings (SSSR count). The second-order valence-electron chi connectivity index (χ2n) is 6.01. The van der Waals surface area contributed by atoms with E-state index >= 15 is 0 Å². The lowest BCUT2D eigenvalue weighted by molar-refractivity contribution is 0.488. The van der Waals surface area contributed by atoms with Crippen molar-refractivity contribution in [3.63, 3.8) is 0 Å². The third-order valence-corrected chi connectivity index (χ3v) is 4.02. The minimum Gasteiger partial charge on any atom is -0.373 e. The van der Waals surface area contributed by atoms with E-state index in [0.717, 1.165) is 18.2 Å². The van der Waals surface area contributed by atoms with Gasteiger partial charge in [0, 0.05) is 25.2 Å². The van der Waals surface area contributed by atoms with Crippen LogP contribution in [0.3, 0.4) is 0 Å². The molecular formula is C15H26N4. The summed E-state index contributed by atoms with van der Waals surface area (Å²) >= 11 is 0. The van der Waals surface area contributed by atoms with Crippen LogP contribution in [0.4, 0.5) is 11.6 Å². The Morgan fingerprint density at radius 2 is 2.00 bits per heavy atom. The fourth-order valence-electron chi connectivity index (χ4n) is 3.09. The SMILES string of the molecule is CNc1ncnc(N2CCCC2C(C)C)c1C(C)C. The summed E-state index contributed by atoms with van der Waals surface area (Å²) in [6.45, 7) is 10.1. The molecule has 2 heterocycles. The van der Waals surface area contributed by atoms with E-state index < -0.39 is 0 Å². The van der Waals surface area contributed by atoms with Crippen LogP contribution < -0.4 is 10.2 Å². The van der Waals surface area contributed by atoms with E-state index in [2.05, 4.69) is 47.9 Å². The van der Waals surface area contributed by atoms with Crippen molar-refractivity contribution in [3.8, 4) is 0 Å². The maximum atomic E-state index is 4.60. The number of hydrogen-bond acceptors (Lipinski definition) is 4. The van der Waals surface area contributed by atoms with Gasteiger partial charge in [0.25, 0.3) is 0 Å². The van der Waals surface area contributed by atoms with Crippen LogP contribution in [0, 0.1) is 5.92 Å². The Kier molecular flexibility index (Phi) is 4.27. The van der Waals surface area contributed by atoms with E-state index in [1.54, 1.807) is 6.33 Å². The minimum absolute atomic E-state index is 0.423. The van der Waals surface area contributed by atoms with Crippen molar-refractivity contribution >= 4 is 11.6 Å². The second kappa shape index (κ2) is 5.76. The normalized spacial score (nSPS) is 19.5. The minimum atomic E-state index is 0.423. The van der Waals surface area contributed by atoms with E-state index in [4.69, 9.17) is 0 Å². The first-order valence-electron chi connectivity index (χ1n) is 7.35. The van der Waals surface area contributed by atoms with Crippen LogP contribution in [0.1, 0.15) is 52.0 Å². The van der Waals surface area contributed by atoms with Crippen LogP contribution in [-0.2, 0) is 0 Å². The molecule has 106 valence electrons. The van der Waals surface area contributed by atoms with Crippen LogP contribution in [0.25, 0.3) is 0 Å². The number of nitrogens with zero attached hydrogens (tertiary/aromatic N) is 3. The highest BCUT2D eigenvalue weighted by Crippen LogP contribution is 2.36. The molecule has 1 unspecified atom stereocenters. The van der Waals surface area contributed by atoms with Crippen molar-refractivity contribution in [2.24, 2.45) is 5.92 Å². The third kappa shape index (κ3) is 2.67. The van der Waals surface area contributed by atoms with Gasteiger partial charge in [-0.1, -0.05) is 27.7 Å². The Hall–Kier alpha value is -1.32. The molecule has 1 aliphatic heterocycles. The van der Waals surface area contributed by atoms with Crippen LogP contribution in [0.5, 0.6) is 0 Å². The van der Waals surface area contributed by atoms with Gasteiger partial charge in [0.15, 0.2) is 0 Å². The van der Waals surface area contributed by atoms with Gasteiger partial charge in [-0.2, -0.15) is 0 Å². The van der Waals surface area contributed by atoms with Crippen LogP contribution >= 0.6 is 0 Å². The summed E-state index contributed by atoms with van der Waals surface area (Å²) in [4.78, 5) is 11.5. The summed E-state index contributed by atoms with van der Waals surface area (Å²) in [5, 5.41) is 3.21. The molecule has 1 aliphatic rings. The van der Waals surface area contributed by atoms with E-state index in [-0.39, 0.29) is 0 Å². The standard InChI is InChI=1S/C15H26N4/c1-10(2)12-7-6-8-19(12)15-13(11(3)4)14(16-5)17-9-18-15/h9-12H,6-8H2,1-5H3,(H,16,17,18). The van der Waals surface area contributed by atoms with Gasteiger partial charge in [0.1, 0.15) is 18.0 Å². The Bertz CT molecular complexity index is 428. The zero-order valence-corrected chi connectivity index (χ0v) is 12.8. The van der Waals surface area contributed by atoms with Gasteiger partial charge in [-0.05, 0) is 24.7 Å². The van der Waals surface area contributed by atoms with Crippen LogP contribution in [0.2, 0.25) is 0 Å². The van der Waals surface area contributed by atoms with Gasteiger partial charge in [-0.15, -0.1) is 0 Å². The highest BCUT2D eigenvalue weighted by Gasteiger charge is 2.31. The van der Waals surface area contributed by atoms with Crippen molar-refractivity contribution in [1.29, 1.82) is 0 Å². The zero-order chi connectivity index (χ0) is 14.0. The molecule has 4 nitrogen and oxygen atoms in total. The van der Waals surface area contributed by atoms with Crippen molar-refractivity contribution in [1.82, 2.24) is 9.97 Å². The Morgan fingerprint density at radius 3 is 2.58 bits per heavy atom. The summed E-state index contributed by atoms with van der Waals surface area (Å²) in [6, 6.07) is 0.608. The molecule has 0 aliphatic carbocycles. The monoisotopic (exact) mass is 262 g/mol. The maximum absolute atomic E-state index is 4.60. The topological polar surface area (TPSA) is 41.1 Å². The molecule has 0 amide bonds. The van der Waals surface area contributed by atoms with E-state index in [9.17, 15) is 0 Å². The maximum Gasteiger partial charge on any atom is 0.137 e. The average Bonchev–Trinajstić information content (AvgIpc) is 2.86. The molecule has 1 atom stereocenters. The Morgan fingerprint density at radius 1 is 1.26 bits per heavy atom. The summed E-state index contributed by atoms with van der Waals surface area (Å²) in [5.41, 5.74) is 1.25. The summed E-state index contributed by atoms with van der Waals surface area (Å²) in [5.74, 6) is 3.18. The van der Waals surface area contributed by atoms with E-state index in [1.165, 1.54) is 18.4 Å². The summed E-state index contributed by atoms with van der Waals surface area (Å²) in [6.07, 6.45) is 4.22. The van der Waals surface area contributed by atoms with Crippen molar-refractivity contribution < 1.29 is 0 Å². The first-order valence-corrected chi connectivity index (χ1v) is 7.35. The quantitative estimate of drug-likeness (QED) is 0.904. The third-order valence-electron chi connectivity index (χ3n) is 4.02. The fraction of sp³-hybridized carbons (Fsp3) is 0.733. The molecular weight excluding hydrogens is 236 g/mol. The number of anilines is 2. The summed E-state index contributed by atoms with van der Waals surface area (Å²) < 4.78 is 0. The molecule has 4 heteroatoms.